The average molecular weight is 307 g/mol. The van der Waals surface area contributed by atoms with E-state index in [4.69, 9.17) is 21.1 Å². The molecule has 110 valence electrons. The summed E-state index contributed by atoms with van der Waals surface area (Å²) < 4.78 is 10.2. The van der Waals surface area contributed by atoms with Gasteiger partial charge in [-0.15, -0.1) is 0 Å². The monoisotopic (exact) mass is 306 g/mol. The van der Waals surface area contributed by atoms with Gasteiger partial charge in [0.15, 0.2) is 0 Å². The van der Waals surface area contributed by atoms with Crippen LogP contribution in [-0.2, 0) is 9.47 Å². The minimum atomic E-state index is -0.603. The highest BCUT2D eigenvalue weighted by Crippen LogP contribution is 2.17. The van der Waals surface area contributed by atoms with Gasteiger partial charge in [-0.25, -0.2) is 4.98 Å². The third kappa shape index (κ3) is 4.01. The quantitative estimate of drug-likeness (QED) is 0.861. The van der Waals surface area contributed by atoms with E-state index in [0.717, 1.165) is 0 Å². The lowest BCUT2D eigenvalue weighted by Crippen LogP contribution is -2.16. The number of anilines is 1. The molecule has 0 radical (unpaired) electrons. The molecule has 2 aromatic rings. The van der Waals surface area contributed by atoms with Crippen molar-refractivity contribution in [2.45, 2.75) is 6.29 Å². The van der Waals surface area contributed by atoms with Crippen molar-refractivity contribution in [1.29, 1.82) is 0 Å². The van der Waals surface area contributed by atoms with Crippen molar-refractivity contribution in [3.05, 3.63) is 58.9 Å². The Bertz CT molecular complexity index is 613. The standard InChI is InChI=1S/C15H15ClN2O3/c1-20-15(21-2)13-5-3-4-12(18-13)14(19)17-11-8-6-10(16)7-9-11/h3-9,15H,1-2H3,(H,17,19). The highest BCUT2D eigenvalue weighted by Gasteiger charge is 2.14. The second kappa shape index (κ2) is 7.17. The van der Waals surface area contributed by atoms with Crippen molar-refractivity contribution in [3.8, 4) is 0 Å². The molecular formula is C15H15ClN2O3. The first-order chi connectivity index (χ1) is 10.1. The number of pyridine rings is 1. The van der Waals surface area contributed by atoms with Gasteiger partial charge in [0.05, 0.1) is 5.69 Å². The second-order valence-electron chi connectivity index (χ2n) is 4.21. The molecule has 2 rings (SSSR count). The van der Waals surface area contributed by atoms with Crippen LogP contribution in [-0.4, -0.2) is 25.1 Å². The maximum absolute atomic E-state index is 12.2. The Morgan fingerprint density at radius 1 is 1.14 bits per heavy atom. The van der Waals surface area contributed by atoms with Crippen molar-refractivity contribution in [2.75, 3.05) is 19.5 Å². The number of ether oxygens (including phenoxy) is 2. The van der Waals surface area contributed by atoms with Gasteiger partial charge in [-0.2, -0.15) is 0 Å². The molecule has 0 unspecified atom stereocenters. The summed E-state index contributed by atoms with van der Waals surface area (Å²) in [5.74, 6) is -0.315. The summed E-state index contributed by atoms with van der Waals surface area (Å²) in [7, 11) is 3.02. The summed E-state index contributed by atoms with van der Waals surface area (Å²) in [6.07, 6.45) is -0.603. The van der Waals surface area contributed by atoms with Crippen LogP contribution < -0.4 is 5.32 Å². The summed E-state index contributed by atoms with van der Waals surface area (Å²) in [6.45, 7) is 0. The van der Waals surface area contributed by atoms with E-state index in [1.807, 2.05) is 0 Å². The van der Waals surface area contributed by atoms with Gasteiger partial charge >= 0.3 is 0 Å². The Hall–Kier alpha value is -1.95. The first kappa shape index (κ1) is 15.4. The predicted octanol–water partition coefficient (Wildman–Crippen LogP) is 3.28. The van der Waals surface area contributed by atoms with Crippen LogP contribution in [0.5, 0.6) is 0 Å². The molecule has 1 amide bonds. The molecule has 0 atom stereocenters. The minimum Gasteiger partial charge on any atom is -0.350 e. The topological polar surface area (TPSA) is 60.5 Å². The van der Waals surface area contributed by atoms with Crippen molar-refractivity contribution in [2.24, 2.45) is 0 Å². The number of carbonyl (C=O) groups is 1. The molecule has 21 heavy (non-hydrogen) atoms. The lowest BCUT2D eigenvalue weighted by atomic mass is 10.2. The Balaban J connectivity index is 2.15. The SMILES string of the molecule is COC(OC)c1cccc(C(=O)Nc2ccc(Cl)cc2)n1. The summed E-state index contributed by atoms with van der Waals surface area (Å²) in [5, 5.41) is 3.35. The number of hydrogen-bond donors (Lipinski definition) is 1. The molecule has 5 nitrogen and oxygen atoms in total. The molecule has 0 fully saturated rings. The van der Waals surface area contributed by atoms with Gasteiger partial charge in [-0.1, -0.05) is 17.7 Å². The van der Waals surface area contributed by atoms with Crippen LogP contribution in [0.4, 0.5) is 5.69 Å². The molecule has 0 aliphatic heterocycles. The summed E-state index contributed by atoms with van der Waals surface area (Å²) in [6, 6.07) is 11.9. The van der Waals surface area contributed by atoms with Gasteiger partial charge < -0.3 is 14.8 Å². The first-order valence-electron chi connectivity index (χ1n) is 6.23. The molecule has 1 heterocycles. The number of nitrogens with zero attached hydrogens (tertiary/aromatic N) is 1. The number of rotatable bonds is 5. The molecule has 1 N–H and O–H groups in total. The molecule has 0 saturated carbocycles. The van der Waals surface area contributed by atoms with E-state index < -0.39 is 6.29 Å². The lowest BCUT2D eigenvalue weighted by molar-refractivity contribution is -0.108. The molecule has 1 aromatic carbocycles. The highest BCUT2D eigenvalue weighted by molar-refractivity contribution is 6.30. The number of halogens is 1. The Morgan fingerprint density at radius 2 is 1.81 bits per heavy atom. The molecule has 0 aliphatic rings. The summed E-state index contributed by atoms with van der Waals surface area (Å²) in [5.41, 5.74) is 1.46. The van der Waals surface area contributed by atoms with Gasteiger partial charge in [0.2, 0.25) is 6.29 Å². The molecule has 1 aromatic heterocycles. The van der Waals surface area contributed by atoms with Crippen LogP contribution in [0.1, 0.15) is 22.5 Å². The normalized spacial score (nSPS) is 10.7. The van der Waals surface area contributed by atoms with E-state index in [-0.39, 0.29) is 11.6 Å². The molecule has 6 heteroatoms. The number of benzene rings is 1. The zero-order valence-electron chi connectivity index (χ0n) is 11.7. The average Bonchev–Trinajstić information content (AvgIpc) is 2.51. The first-order valence-corrected chi connectivity index (χ1v) is 6.61. The fourth-order valence-corrected chi connectivity index (χ4v) is 1.90. The van der Waals surface area contributed by atoms with E-state index in [9.17, 15) is 4.79 Å². The van der Waals surface area contributed by atoms with Crippen molar-refractivity contribution >= 4 is 23.2 Å². The number of aromatic nitrogens is 1. The van der Waals surface area contributed by atoms with E-state index in [1.165, 1.54) is 14.2 Å². The number of carbonyl (C=O) groups excluding carboxylic acids is 1. The zero-order chi connectivity index (χ0) is 15.2. The lowest BCUT2D eigenvalue weighted by Gasteiger charge is -2.13. The Kier molecular flexibility index (Phi) is 5.27. The van der Waals surface area contributed by atoms with Gasteiger partial charge in [-0.05, 0) is 36.4 Å². The van der Waals surface area contributed by atoms with E-state index >= 15 is 0 Å². The fourth-order valence-electron chi connectivity index (χ4n) is 1.78. The van der Waals surface area contributed by atoms with E-state index in [1.54, 1.807) is 42.5 Å². The molecular weight excluding hydrogens is 292 g/mol. The maximum atomic E-state index is 12.2. The summed E-state index contributed by atoms with van der Waals surface area (Å²) >= 11 is 5.80. The Labute approximate surface area is 127 Å². The van der Waals surface area contributed by atoms with Crippen molar-refractivity contribution < 1.29 is 14.3 Å². The van der Waals surface area contributed by atoms with Crippen LogP contribution in [0.15, 0.2) is 42.5 Å². The third-order valence-electron chi connectivity index (χ3n) is 2.78. The third-order valence-corrected chi connectivity index (χ3v) is 3.03. The van der Waals surface area contributed by atoms with Crippen LogP contribution in [0.2, 0.25) is 5.02 Å². The largest absolute Gasteiger partial charge is 0.350 e. The smallest absolute Gasteiger partial charge is 0.274 e. The van der Waals surface area contributed by atoms with Crippen LogP contribution in [0, 0.1) is 0 Å². The predicted molar refractivity (Wildman–Crippen MR) is 80.4 cm³/mol. The van der Waals surface area contributed by atoms with E-state index in [0.29, 0.717) is 16.4 Å². The van der Waals surface area contributed by atoms with Crippen LogP contribution >= 0.6 is 11.6 Å². The summed E-state index contributed by atoms with van der Waals surface area (Å²) in [4.78, 5) is 16.4. The van der Waals surface area contributed by atoms with Gasteiger partial charge in [-0.3, -0.25) is 4.79 Å². The van der Waals surface area contributed by atoms with Crippen LogP contribution in [0.3, 0.4) is 0 Å². The van der Waals surface area contributed by atoms with E-state index in [2.05, 4.69) is 10.3 Å². The Morgan fingerprint density at radius 3 is 2.43 bits per heavy atom. The maximum Gasteiger partial charge on any atom is 0.274 e. The number of methoxy groups -OCH3 is 2. The fraction of sp³-hybridized carbons (Fsp3) is 0.200. The van der Waals surface area contributed by atoms with Gasteiger partial charge in [0.25, 0.3) is 5.91 Å². The van der Waals surface area contributed by atoms with Crippen molar-refractivity contribution in [1.82, 2.24) is 4.98 Å². The molecule has 0 spiro atoms. The van der Waals surface area contributed by atoms with Crippen molar-refractivity contribution in [3.63, 3.8) is 0 Å². The number of nitrogens with one attached hydrogen (secondary N) is 1. The number of hydrogen-bond acceptors (Lipinski definition) is 4. The number of amides is 1. The molecule has 0 bridgehead atoms. The van der Waals surface area contributed by atoms with Gasteiger partial charge in [0, 0.05) is 24.9 Å². The minimum absolute atomic E-state index is 0.279. The molecule has 0 saturated heterocycles. The van der Waals surface area contributed by atoms with Crippen LogP contribution in [0.25, 0.3) is 0 Å². The molecule has 0 aliphatic carbocycles. The zero-order valence-corrected chi connectivity index (χ0v) is 12.4. The van der Waals surface area contributed by atoms with Gasteiger partial charge in [0.1, 0.15) is 5.69 Å². The highest BCUT2D eigenvalue weighted by atomic mass is 35.5. The second-order valence-corrected chi connectivity index (χ2v) is 4.65.